The number of piperidine rings is 1. The summed E-state index contributed by atoms with van der Waals surface area (Å²) in [6.07, 6.45) is 10.0. The molecule has 0 radical (unpaired) electrons. The molecule has 0 N–H and O–H groups in total. The van der Waals surface area contributed by atoms with Crippen molar-refractivity contribution in [2.24, 2.45) is 0 Å². The van der Waals surface area contributed by atoms with Crippen LogP contribution in [0.15, 0.2) is 12.4 Å². The lowest BCUT2D eigenvalue weighted by Crippen LogP contribution is -2.35. The average Bonchev–Trinajstić information content (AvgIpc) is 2.90. The SMILES string of the molecule is N#Cc1nccnc1N1CCC(c2nnc3n2CCCCC3)CC1. The van der Waals surface area contributed by atoms with Crippen LogP contribution in [0, 0.1) is 11.3 Å². The van der Waals surface area contributed by atoms with Crippen molar-refractivity contribution in [3.05, 3.63) is 29.7 Å². The summed E-state index contributed by atoms with van der Waals surface area (Å²) in [5.74, 6) is 3.47. The van der Waals surface area contributed by atoms with E-state index < -0.39 is 0 Å². The van der Waals surface area contributed by atoms with Crippen molar-refractivity contribution < 1.29 is 0 Å². The molecule has 2 aliphatic rings. The molecule has 124 valence electrons. The fourth-order valence-corrected chi connectivity index (χ4v) is 3.80. The highest BCUT2D eigenvalue weighted by molar-refractivity contribution is 5.49. The third-order valence-electron chi connectivity index (χ3n) is 5.08. The van der Waals surface area contributed by atoms with Crippen LogP contribution in [-0.2, 0) is 13.0 Å². The maximum atomic E-state index is 9.21. The van der Waals surface area contributed by atoms with E-state index in [0.717, 1.165) is 50.5 Å². The second-order valence-electron chi connectivity index (χ2n) is 6.54. The molecular weight excluding hydrogens is 302 g/mol. The Kier molecular flexibility index (Phi) is 4.11. The summed E-state index contributed by atoms with van der Waals surface area (Å²) >= 11 is 0. The zero-order chi connectivity index (χ0) is 16.4. The van der Waals surface area contributed by atoms with Gasteiger partial charge in [0.15, 0.2) is 11.5 Å². The van der Waals surface area contributed by atoms with Crippen LogP contribution in [0.25, 0.3) is 0 Å². The number of hydrogen-bond acceptors (Lipinski definition) is 6. The highest BCUT2D eigenvalue weighted by atomic mass is 15.3. The molecule has 1 saturated heterocycles. The van der Waals surface area contributed by atoms with Gasteiger partial charge in [0.2, 0.25) is 0 Å². The first-order valence-corrected chi connectivity index (χ1v) is 8.75. The van der Waals surface area contributed by atoms with Crippen molar-refractivity contribution >= 4 is 5.82 Å². The van der Waals surface area contributed by atoms with Gasteiger partial charge < -0.3 is 9.47 Å². The van der Waals surface area contributed by atoms with Crippen molar-refractivity contribution in [2.75, 3.05) is 18.0 Å². The Labute approximate surface area is 141 Å². The quantitative estimate of drug-likeness (QED) is 0.841. The Morgan fingerprint density at radius 1 is 1.00 bits per heavy atom. The Morgan fingerprint density at radius 3 is 2.67 bits per heavy atom. The van der Waals surface area contributed by atoms with Crippen LogP contribution in [0.4, 0.5) is 5.82 Å². The number of fused-ring (bicyclic) bond motifs is 1. The summed E-state index contributed by atoms with van der Waals surface area (Å²) in [6, 6.07) is 2.14. The molecule has 1 fully saturated rings. The Bertz CT molecular complexity index is 753. The number of nitriles is 1. The van der Waals surface area contributed by atoms with Gasteiger partial charge in [-0.3, -0.25) is 0 Å². The summed E-state index contributed by atoms with van der Waals surface area (Å²) in [4.78, 5) is 10.6. The summed E-state index contributed by atoms with van der Waals surface area (Å²) < 4.78 is 2.36. The molecule has 4 rings (SSSR count). The minimum absolute atomic E-state index is 0.410. The van der Waals surface area contributed by atoms with E-state index >= 15 is 0 Å². The summed E-state index contributed by atoms with van der Waals surface area (Å²) in [6.45, 7) is 2.81. The predicted molar refractivity (Wildman–Crippen MR) is 88.5 cm³/mol. The first-order chi connectivity index (χ1) is 11.9. The van der Waals surface area contributed by atoms with Crippen molar-refractivity contribution in [1.82, 2.24) is 24.7 Å². The van der Waals surface area contributed by atoms with E-state index in [2.05, 4.69) is 35.7 Å². The van der Waals surface area contributed by atoms with Gasteiger partial charge in [0, 0.05) is 44.4 Å². The molecule has 24 heavy (non-hydrogen) atoms. The number of hydrogen-bond donors (Lipinski definition) is 0. The molecule has 0 unspecified atom stereocenters. The van der Waals surface area contributed by atoms with Gasteiger partial charge in [-0.05, 0) is 25.7 Å². The highest BCUT2D eigenvalue weighted by Crippen LogP contribution is 2.30. The average molecular weight is 323 g/mol. The Morgan fingerprint density at radius 2 is 1.83 bits per heavy atom. The minimum Gasteiger partial charge on any atom is -0.354 e. The number of aryl methyl sites for hydroxylation is 1. The van der Waals surface area contributed by atoms with E-state index in [1.165, 1.54) is 19.3 Å². The zero-order valence-corrected chi connectivity index (χ0v) is 13.7. The fraction of sp³-hybridized carbons (Fsp3) is 0.588. The van der Waals surface area contributed by atoms with Crippen LogP contribution < -0.4 is 4.90 Å². The second-order valence-corrected chi connectivity index (χ2v) is 6.54. The lowest BCUT2D eigenvalue weighted by atomic mass is 9.95. The fourth-order valence-electron chi connectivity index (χ4n) is 3.80. The number of rotatable bonds is 2. The molecule has 0 spiro atoms. The van der Waals surface area contributed by atoms with Gasteiger partial charge in [-0.15, -0.1) is 10.2 Å². The molecule has 0 aliphatic carbocycles. The molecular formula is C17H21N7. The first kappa shape index (κ1) is 15.1. The van der Waals surface area contributed by atoms with E-state index in [0.29, 0.717) is 17.4 Å². The summed E-state index contributed by atoms with van der Waals surface area (Å²) in [5, 5.41) is 18.1. The third-order valence-corrected chi connectivity index (χ3v) is 5.08. The molecule has 2 aliphatic heterocycles. The Balaban J connectivity index is 1.49. The van der Waals surface area contributed by atoms with Crippen molar-refractivity contribution in [2.45, 2.75) is 51.0 Å². The van der Waals surface area contributed by atoms with Crippen LogP contribution in [-0.4, -0.2) is 37.8 Å². The van der Waals surface area contributed by atoms with Gasteiger partial charge in [0.1, 0.15) is 17.7 Å². The van der Waals surface area contributed by atoms with Crippen LogP contribution in [0.2, 0.25) is 0 Å². The lowest BCUT2D eigenvalue weighted by molar-refractivity contribution is 0.458. The number of anilines is 1. The van der Waals surface area contributed by atoms with E-state index in [4.69, 9.17) is 0 Å². The predicted octanol–water partition coefficient (Wildman–Crippen LogP) is 2.05. The molecule has 0 bridgehead atoms. The third kappa shape index (κ3) is 2.73. The number of aromatic nitrogens is 5. The Hall–Kier alpha value is -2.49. The number of nitrogens with zero attached hydrogens (tertiary/aromatic N) is 7. The van der Waals surface area contributed by atoms with Crippen molar-refractivity contribution in [3.8, 4) is 6.07 Å². The van der Waals surface area contributed by atoms with Gasteiger partial charge in [-0.2, -0.15) is 5.26 Å². The topological polar surface area (TPSA) is 83.5 Å². The van der Waals surface area contributed by atoms with Crippen LogP contribution in [0.1, 0.15) is 55.4 Å². The van der Waals surface area contributed by atoms with Crippen molar-refractivity contribution in [1.29, 1.82) is 5.26 Å². The van der Waals surface area contributed by atoms with E-state index in [1.54, 1.807) is 12.4 Å². The van der Waals surface area contributed by atoms with E-state index in [-0.39, 0.29) is 0 Å². The molecule has 7 nitrogen and oxygen atoms in total. The normalized spacial score (nSPS) is 18.7. The van der Waals surface area contributed by atoms with Gasteiger partial charge in [0.05, 0.1) is 0 Å². The van der Waals surface area contributed by atoms with E-state index in [9.17, 15) is 5.26 Å². The first-order valence-electron chi connectivity index (χ1n) is 8.75. The molecule has 0 aromatic carbocycles. The van der Waals surface area contributed by atoms with Gasteiger partial charge in [-0.25, -0.2) is 9.97 Å². The van der Waals surface area contributed by atoms with Gasteiger partial charge in [-0.1, -0.05) is 6.42 Å². The molecule has 0 amide bonds. The van der Waals surface area contributed by atoms with E-state index in [1.807, 2.05) is 0 Å². The minimum atomic E-state index is 0.410. The molecule has 7 heteroatoms. The highest BCUT2D eigenvalue weighted by Gasteiger charge is 2.28. The largest absolute Gasteiger partial charge is 0.354 e. The van der Waals surface area contributed by atoms with Crippen LogP contribution >= 0.6 is 0 Å². The zero-order valence-electron chi connectivity index (χ0n) is 13.7. The summed E-state index contributed by atoms with van der Waals surface area (Å²) in [5.41, 5.74) is 0.410. The maximum absolute atomic E-state index is 9.21. The monoisotopic (exact) mass is 323 g/mol. The maximum Gasteiger partial charge on any atom is 0.183 e. The molecule has 0 atom stereocenters. The lowest BCUT2D eigenvalue weighted by Gasteiger charge is -2.32. The molecule has 4 heterocycles. The van der Waals surface area contributed by atoms with Crippen molar-refractivity contribution in [3.63, 3.8) is 0 Å². The smallest absolute Gasteiger partial charge is 0.183 e. The van der Waals surface area contributed by atoms with Gasteiger partial charge in [0.25, 0.3) is 0 Å². The van der Waals surface area contributed by atoms with Crippen LogP contribution in [0.5, 0.6) is 0 Å². The second kappa shape index (κ2) is 6.56. The molecule has 0 saturated carbocycles. The molecule has 2 aromatic heterocycles. The standard InChI is InChI=1S/C17H21N7/c18-12-14-17(20-8-7-19-14)23-10-5-13(6-11-23)16-22-21-15-4-2-1-3-9-24(15)16/h7-8,13H,1-6,9-11H2. The molecule has 2 aromatic rings. The van der Waals surface area contributed by atoms with Crippen LogP contribution in [0.3, 0.4) is 0 Å². The summed E-state index contributed by atoms with van der Waals surface area (Å²) in [7, 11) is 0. The van der Waals surface area contributed by atoms with Gasteiger partial charge >= 0.3 is 0 Å².